The predicted molar refractivity (Wildman–Crippen MR) is 218 cm³/mol. The molecule has 0 radical (unpaired) electrons. The number of unbranched alkanes of at least 4 members (excludes halogenated alkanes) is 8. The van der Waals surface area contributed by atoms with Crippen LogP contribution in [0.1, 0.15) is 123 Å². The monoisotopic (exact) mass is 817 g/mol. The average molecular weight is 818 g/mol. The molecule has 0 fully saturated rings. The minimum Gasteiger partial charge on any atom is -0.453 e. The van der Waals surface area contributed by atoms with Crippen molar-refractivity contribution >= 4 is 29.5 Å². The van der Waals surface area contributed by atoms with Gasteiger partial charge in [0.2, 0.25) is 0 Å². The second kappa shape index (κ2) is 23.1. The number of methoxy groups -OCH3 is 1. The molecule has 0 spiro atoms. The molecule has 3 rings (SSSR count). The first-order valence-electron chi connectivity index (χ1n) is 20.0. The molecule has 322 valence electrons. The van der Waals surface area contributed by atoms with Gasteiger partial charge in [0.05, 0.1) is 31.7 Å². The SMILES string of the molecule is COC(=O)Nc1ccc(-c2cn(COCCCCCCCCCCCC(C)(C)C)c([C@H](COCc3ccccc3)NC(=O)OC(C)(C)C)n2)c(NC(=O)C(F)(F)F)c1. The fraction of sp³-hybridized carbons (Fsp3) is 0.581. The summed E-state index contributed by atoms with van der Waals surface area (Å²) in [5.41, 5.74) is 0.496. The van der Waals surface area contributed by atoms with E-state index < -0.39 is 35.9 Å². The van der Waals surface area contributed by atoms with Gasteiger partial charge in [-0.05, 0) is 62.8 Å². The van der Waals surface area contributed by atoms with E-state index in [0.29, 0.717) is 12.0 Å². The summed E-state index contributed by atoms with van der Waals surface area (Å²) in [5.74, 6) is -1.96. The minimum absolute atomic E-state index is 0.00565. The third kappa shape index (κ3) is 18.3. The molecule has 1 heterocycles. The number of nitrogens with zero attached hydrogens (tertiary/aromatic N) is 2. The maximum absolute atomic E-state index is 13.5. The maximum atomic E-state index is 13.5. The first-order chi connectivity index (χ1) is 27.3. The van der Waals surface area contributed by atoms with Crippen molar-refractivity contribution < 1.29 is 46.5 Å². The summed E-state index contributed by atoms with van der Waals surface area (Å²) in [6, 6.07) is 12.5. The zero-order valence-corrected chi connectivity index (χ0v) is 35.1. The molecule has 0 aliphatic heterocycles. The Kier molecular flexibility index (Phi) is 19.0. The van der Waals surface area contributed by atoms with E-state index in [-0.39, 0.29) is 48.4 Å². The van der Waals surface area contributed by atoms with Gasteiger partial charge in [0.1, 0.15) is 24.2 Å². The number of alkyl halides is 3. The average Bonchev–Trinajstić information content (AvgIpc) is 3.55. The zero-order valence-electron chi connectivity index (χ0n) is 35.1. The van der Waals surface area contributed by atoms with Crippen molar-refractivity contribution in [2.75, 3.05) is 31.0 Å². The second-order valence-corrected chi connectivity index (χ2v) is 16.5. The van der Waals surface area contributed by atoms with Crippen LogP contribution in [-0.4, -0.2) is 59.7 Å². The Morgan fingerprint density at radius 3 is 2.03 bits per heavy atom. The summed E-state index contributed by atoms with van der Waals surface area (Å²) in [6.45, 7) is 12.6. The van der Waals surface area contributed by atoms with Gasteiger partial charge in [-0.1, -0.05) is 102 Å². The van der Waals surface area contributed by atoms with Crippen molar-refractivity contribution in [3.63, 3.8) is 0 Å². The van der Waals surface area contributed by atoms with Crippen LogP contribution in [-0.2, 0) is 37.1 Å². The van der Waals surface area contributed by atoms with Crippen molar-refractivity contribution in [2.24, 2.45) is 5.41 Å². The Labute approximate surface area is 340 Å². The number of amides is 3. The van der Waals surface area contributed by atoms with E-state index in [2.05, 4.69) is 36.1 Å². The molecular weight excluding hydrogens is 755 g/mol. The molecule has 0 saturated heterocycles. The van der Waals surface area contributed by atoms with Gasteiger partial charge < -0.3 is 34.1 Å². The first-order valence-corrected chi connectivity index (χ1v) is 20.0. The number of nitrogens with one attached hydrogen (secondary N) is 3. The van der Waals surface area contributed by atoms with Crippen LogP contribution in [0.25, 0.3) is 11.3 Å². The summed E-state index contributed by atoms with van der Waals surface area (Å²) in [6.07, 6.45) is 6.35. The van der Waals surface area contributed by atoms with Crippen LogP contribution in [0.5, 0.6) is 0 Å². The lowest BCUT2D eigenvalue weighted by atomic mass is 9.89. The number of rotatable bonds is 22. The van der Waals surface area contributed by atoms with Crippen LogP contribution in [0, 0.1) is 5.41 Å². The molecular formula is C43H62F3N5O7. The molecule has 0 bridgehead atoms. The number of alkyl carbamates (subject to hydrolysis) is 1. The fourth-order valence-corrected chi connectivity index (χ4v) is 6.01. The molecule has 0 unspecified atom stereocenters. The topological polar surface area (TPSA) is 142 Å². The Balaban J connectivity index is 1.84. The number of halogens is 3. The molecule has 12 nitrogen and oxygen atoms in total. The van der Waals surface area contributed by atoms with Crippen molar-refractivity contribution in [1.82, 2.24) is 14.9 Å². The number of anilines is 2. The maximum Gasteiger partial charge on any atom is 0.471 e. The van der Waals surface area contributed by atoms with Crippen molar-refractivity contribution in [3.8, 4) is 11.3 Å². The minimum atomic E-state index is -5.20. The predicted octanol–water partition coefficient (Wildman–Crippen LogP) is 10.9. The standard InChI is InChI=1S/C43H62F3N5O7/c1-41(2,3)24-18-13-11-9-8-10-12-14-19-25-56-30-51-27-35(33-23-22-32(47-39(53)55-7)26-34(33)49-38(52)43(44,45)46)48-37(51)36(50-40(54)58-42(4,5)6)29-57-28-31-20-16-15-17-21-31/h15-17,20-23,26-27,36H,8-14,18-19,24-25,28-30H2,1-7H3,(H,47,53)(H,49,52)(H,50,54)/t36-/m0/s1. The van der Waals surface area contributed by atoms with Crippen molar-refractivity contribution in [1.29, 1.82) is 0 Å². The quantitative estimate of drug-likeness (QED) is 0.0851. The van der Waals surface area contributed by atoms with Crippen LogP contribution in [0.15, 0.2) is 54.7 Å². The smallest absolute Gasteiger partial charge is 0.453 e. The van der Waals surface area contributed by atoms with Gasteiger partial charge in [0.15, 0.2) is 0 Å². The van der Waals surface area contributed by atoms with E-state index >= 15 is 0 Å². The number of aromatic nitrogens is 2. The second-order valence-electron chi connectivity index (χ2n) is 16.5. The van der Waals surface area contributed by atoms with E-state index in [1.165, 1.54) is 50.7 Å². The molecule has 1 atom stereocenters. The third-order valence-corrected chi connectivity index (χ3v) is 8.88. The van der Waals surface area contributed by atoms with Crippen LogP contribution >= 0.6 is 0 Å². The zero-order chi connectivity index (χ0) is 42.8. The van der Waals surface area contributed by atoms with Crippen LogP contribution in [0.4, 0.5) is 34.1 Å². The van der Waals surface area contributed by atoms with Crippen molar-refractivity contribution in [2.45, 2.75) is 137 Å². The van der Waals surface area contributed by atoms with Gasteiger partial charge in [-0.15, -0.1) is 0 Å². The first kappa shape index (κ1) is 47.7. The van der Waals surface area contributed by atoms with E-state index in [0.717, 1.165) is 44.4 Å². The molecule has 3 amide bonds. The summed E-state index contributed by atoms with van der Waals surface area (Å²) in [7, 11) is 1.13. The lowest BCUT2D eigenvalue weighted by Crippen LogP contribution is -2.38. The van der Waals surface area contributed by atoms with Gasteiger partial charge in [0.25, 0.3) is 0 Å². The van der Waals surface area contributed by atoms with Crippen LogP contribution < -0.4 is 16.0 Å². The van der Waals surface area contributed by atoms with Gasteiger partial charge in [0, 0.05) is 24.1 Å². The Bertz CT molecular complexity index is 1720. The highest BCUT2D eigenvalue weighted by Crippen LogP contribution is 2.33. The number of hydrogen-bond donors (Lipinski definition) is 3. The molecule has 0 saturated carbocycles. The Morgan fingerprint density at radius 2 is 1.43 bits per heavy atom. The third-order valence-electron chi connectivity index (χ3n) is 8.88. The van der Waals surface area contributed by atoms with Gasteiger partial charge in [-0.2, -0.15) is 13.2 Å². The number of hydrogen-bond acceptors (Lipinski definition) is 8. The van der Waals surface area contributed by atoms with E-state index in [9.17, 15) is 27.6 Å². The molecule has 1 aromatic heterocycles. The molecule has 0 aliphatic carbocycles. The van der Waals surface area contributed by atoms with Gasteiger partial charge in [-0.25, -0.2) is 14.6 Å². The lowest BCUT2D eigenvalue weighted by Gasteiger charge is -2.24. The van der Waals surface area contributed by atoms with Gasteiger partial charge in [-0.3, -0.25) is 10.1 Å². The highest BCUT2D eigenvalue weighted by Gasteiger charge is 2.39. The molecule has 3 N–H and O–H groups in total. The summed E-state index contributed by atoms with van der Waals surface area (Å²) >= 11 is 0. The molecule has 0 aliphatic rings. The Hall–Kier alpha value is -4.63. The fourth-order valence-electron chi connectivity index (χ4n) is 6.01. The lowest BCUT2D eigenvalue weighted by molar-refractivity contribution is -0.167. The largest absolute Gasteiger partial charge is 0.471 e. The highest BCUT2D eigenvalue weighted by molar-refractivity contribution is 5.99. The van der Waals surface area contributed by atoms with E-state index in [4.69, 9.17) is 19.2 Å². The molecule has 2 aromatic carbocycles. The normalized spacial score (nSPS) is 12.5. The van der Waals surface area contributed by atoms with Crippen LogP contribution in [0.2, 0.25) is 0 Å². The number of benzene rings is 2. The van der Waals surface area contributed by atoms with E-state index in [1.54, 1.807) is 31.5 Å². The number of imidazole rings is 1. The summed E-state index contributed by atoms with van der Waals surface area (Å²) in [5, 5.41) is 7.12. The number of carbonyl (C=O) groups is 3. The number of ether oxygens (including phenoxy) is 4. The van der Waals surface area contributed by atoms with Crippen LogP contribution in [0.3, 0.4) is 0 Å². The highest BCUT2D eigenvalue weighted by atomic mass is 19.4. The van der Waals surface area contributed by atoms with Crippen molar-refractivity contribution in [3.05, 3.63) is 66.1 Å². The molecule has 58 heavy (non-hydrogen) atoms. The number of carbonyl (C=O) groups excluding carboxylic acids is 3. The van der Waals surface area contributed by atoms with Gasteiger partial charge >= 0.3 is 24.3 Å². The summed E-state index contributed by atoms with van der Waals surface area (Å²) in [4.78, 5) is 42.0. The molecule has 3 aromatic rings. The summed E-state index contributed by atoms with van der Waals surface area (Å²) < 4.78 is 64.3. The molecule has 15 heteroatoms. The van der Waals surface area contributed by atoms with E-state index in [1.807, 2.05) is 35.6 Å². The Morgan fingerprint density at radius 1 is 0.793 bits per heavy atom.